The number of carbonyl (C=O) groups is 1. The van der Waals surface area contributed by atoms with Gasteiger partial charge in [0.1, 0.15) is 0 Å². The molecular weight excluding hydrogens is 336 g/mol. The van der Waals surface area contributed by atoms with Crippen LogP contribution < -0.4 is 0 Å². The van der Waals surface area contributed by atoms with Crippen molar-refractivity contribution in [1.29, 1.82) is 0 Å². The highest BCUT2D eigenvalue weighted by molar-refractivity contribution is 7.89. The summed E-state index contributed by atoms with van der Waals surface area (Å²) in [7, 11) is -2.21. The number of fused-ring (bicyclic) bond motifs is 1. The number of hydrogen-bond donors (Lipinski definition) is 0. The van der Waals surface area contributed by atoms with Crippen molar-refractivity contribution in [3.63, 3.8) is 0 Å². The van der Waals surface area contributed by atoms with E-state index in [-0.39, 0.29) is 17.3 Å². The molecule has 2 aromatic carbocycles. The Labute approximate surface area is 148 Å². The van der Waals surface area contributed by atoms with E-state index >= 15 is 0 Å². The molecular formula is C19H22N2O3S. The molecule has 6 heteroatoms. The van der Waals surface area contributed by atoms with Crippen molar-refractivity contribution in [3.8, 4) is 0 Å². The van der Waals surface area contributed by atoms with Crippen LogP contribution in [-0.4, -0.2) is 43.7 Å². The lowest BCUT2D eigenvalue weighted by Gasteiger charge is -2.30. The number of aryl methyl sites for hydroxylation is 1. The maximum atomic E-state index is 12.6. The molecule has 3 rings (SSSR count). The molecule has 132 valence electrons. The van der Waals surface area contributed by atoms with Crippen LogP contribution in [0.3, 0.4) is 0 Å². The highest BCUT2D eigenvalue weighted by atomic mass is 32.2. The minimum Gasteiger partial charge on any atom is -0.337 e. The summed E-state index contributed by atoms with van der Waals surface area (Å²) in [5, 5.41) is 0. The fourth-order valence-corrected chi connectivity index (χ4v) is 4.09. The summed E-state index contributed by atoms with van der Waals surface area (Å²) in [5.74, 6) is -0.173. The maximum Gasteiger partial charge on any atom is 0.243 e. The molecule has 0 radical (unpaired) electrons. The topological polar surface area (TPSA) is 57.7 Å². The number of likely N-dealkylation sites (N-methyl/N-ethyl adjacent to an activating group) is 1. The third kappa shape index (κ3) is 3.75. The number of amides is 1. The fourth-order valence-electron chi connectivity index (χ4n) is 2.97. The van der Waals surface area contributed by atoms with E-state index in [4.69, 9.17) is 0 Å². The van der Waals surface area contributed by atoms with Gasteiger partial charge in [-0.15, -0.1) is 0 Å². The molecule has 1 aliphatic heterocycles. The molecule has 2 aromatic rings. The van der Waals surface area contributed by atoms with Crippen LogP contribution in [0.4, 0.5) is 0 Å². The average Bonchev–Trinajstić information content (AvgIpc) is 2.61. The number of sulfonamides is 1. The molecule has 0 spiro atoms. The third-order valence-electron chi connectivity index (χ3n) is 4.57. The number of nitrogens with zero attached hydrogens (tertiary/aromatic N) is 2. The first-order valence-electron chi connectivity index (χ1n) is 8.25. The molecule has 0 saturated carbocycles. The monoisotopic (exact) mass is 358 g/mol. The van der Waals surface area contributed by atoms with Crippen molar-refractivity contribution >= 4 is 15.9 Å². The lowest BCUT2D eigenvalue weighted by molar-refractivity contribution is -0.132. The van der Waals surface area contributed by atoms with Crippen molar-refractivity contribution in [3.05, 3.63) is 65.2 Å². The second-order valence-corrected chi connectivity index (χ2v) is 8.45. The van der Waals surface area contributed by atoms with Crippen molar-refractivity contribution in [2.75, 3.05) is 20.1 Å². The molecule has 25 heavy (non-hydrogen) atoms. The number of hydrogen-bond acceptors (Lipinski definition) is 3. The van der Waals surface area contributed by atoms with Gasteiger partial charge in [-0.2, -0.15) is 4.31 Å². The van der Waals surface area contributed by atoms with E-state index in [0.717, 1.165) is 21.9 Å². The SMILES string of the molecule is Cc1ccc(S(=O)(=O)N(C)CC(=O)N2CCc3ccccc3C2)cc1. The van der Waals surface area contributed by atoms with Crippen molar-refractivity contribution in [2.24, 2.45) is 0 Å². The highest BCUT2D eigenvalue weighted by Crippen LogP contribution is 2.20. The Morgan fingerprint density at radius 3 is 2.40 bits per heavy atom. The summed E-state index contributed by atoms with van der Waals surface area (Å²) in [5.41, 5.74) is 3.38. The summed E-state index contributed by atoms with van der Waals surface area (Å²) in [6, 6.07) is 14.7. The zero-order chi connectivity index (χ0) is 18.0. The lowest BCUT2D eigenvalue weighted by atomic mass is 10.00. The first kappa shape index (κ1) is 17.6. The second-order valence-electron chi connectivity index (χ2n) is 6.41. The molecule has 0 fully saturated rings. The summed E-state index contributed by atoms with van der Waals surface area (Å²) in [6.45, 7) is 2.90. The van der Waals surface area contributed by atoms with Crippen LogP contribution >= 0.6 is 0 Å². The van der Waals surface area contributed by atoms with Gasteiger partial charge in [0.2, 0.25) is 15.9 Å². The zero-order valence-corrected chi connectivity index (χ0v) is 15.3. The highest BCUT2D eigenvalue weighted by Gasteiger charge is 2.26. The number of carbonyl (C=O) groups excluding carboxylic acids is 1. The van der Waals surface area contributed by atoms with E-state index in [2.05, 4.69) is 6.07 Å². The molecule has 0 aliphatic carbocycles. The van der Waals surface area contributed by atoms with E-state index < -0.39 is 10.0 Å². The largest absolute Gasteiger partial charge is 0.337 e. The molecule has 0 bridgehead atoms. The van der Waals surface area contributed by atoms with E-state index in [1.54, 1.807) is 29.2 Å². The molecule has 0 aromatic heterocycles. The van der Waals surface area contributed by atoms with Crippen molar-refractivity contribution in [1.82, 2.24) is 9.21 Å². The van der Waals surface area contributed by atoms with Crippen LogP contribution in [0, 0.1) is 6.92 Å². The summed E-state index contributed by atoms with van der Waals surface area (Å²) >= 11 is 0. The quantitative estimate of drug-likeness (QED) is 0.842. The van der Waals surface area contributed by atoms with Crippen molar-refractivity contribution in [2.45, 2.75) is 24.8 Å². The van der Waals surface area contributed by atoms with Crippen LogP contribution in [0.2, 0.25) is 0 Å². The van der Waals surface area contributed by atoms with Crippen LogP contribution in [-0.2, 0) is 27.8 Å². The molecule has 1 amide bonds. The molecule has 5 nitrogen and oxygen atoms in total. The van der Waals surface area contributed by atoms with Crippen LogP contribution in [0.15, 0.2) is 53.4 Å². The van der Waals surface area contributed by atoms with Gasteiger partial charge in [-0.05, 0) is 36.6 Å². The molecule has 1 aliphatic rings. The molecule has 1 heterocycles. The Kier molecular flexibility index (Phi) is 4.92. The second kappa shape index (κ2) is 6.98. The average molecular weight is 358 g/mol. The first-order valence-corrected chi connectivity index (χ1v) is 9.69. The Morgan fingerprint density at radius 2 is 1.72 bits per heavy atom. The number of benzene rings is 2. The Morgan fingerprint density at radius 1 is 1.08 bits per heavy atom. The van der Waals surface area contributed by atoms with E-state index in [1.807, 2.05) is 25.1 Å². The number of rotatable bonds is 4. The van der Waals surface area contributed by atoms with E-state index in [0.29, 0.717) is 13.1 Å². The van der Waals surface area contributed by atoms with Crippen LogP contribution in [0.25, 0.3) is 0 Å². The maximum absolute atomic E-state index is 12.6. The van der Waals surface area contributed by atoms with Gasteiger partial charge in [-0.1, -0.05) is 42.0 Å². The minimum absolute atomic E-state index is 0.154. The summed E-state index contributed by atoms with van der Waals surface area (Å²) in [4.78, 5) is 14.5. The molecule has 0 N–H and O–H groups in total. The minimum atomic E-state index is -3.66. The zero-order valence-electron chi connectivity index (χ0n) is 14.5. The van der Waals surface area contributed by atoms with Gasteiger partial charge < -0.3 is 4.90 Å². The third-order valence-corrected chi connectivity index (χ3v) is 6.39. The van der Waals surface area contributed by atoms with Gasteiger partial charge in [0.05, 0.1) is 11.4 Å². The normalized spacial score (nSPS) is 14.4. The Hall–Kier alpha value is -2.18. The van der Waals surface area contributed by atoms with Gasteiger partial charge in [0.15, 0.2) is 0 Å². The fraction of sp³-hybridized carbons (Fsp3) is 0.316. The van der Waals surface area contributed by atoms with Crippen LogP contribution in [0.5, 0.6) is 0 Å². The lowest BCUT2D eigenvalue weighted by Crippen LogP contribution is -2.43. The smallest absolute Gasteiger partial charge is 0.243 e. The van der Waals surface area contributed by atoms with E-state index in [9.17, 15) is 13.2 Å². The van der Waals surface area contributed by atoms with Gasteiger partial charge in [-0.25, -0.2) is 8.42 Å². The molecule has 0 atom stereocenters. The Bertz CT molecular complexity index is 876. The molecule has 0 unspecified atom stereocenters. The van der Waals surface area contributed by atoms with Gasteiger partial charge in [0.25, 0.3) is 0 Å². The predicted octanol–water partition coefficient (Wildman–Crippen LogP) is 2.20. The van der Waals surface area contributed by atoms with Crippen LogP contribution in [0.1, 0.15) is 16.7 Å². The first-order chi connectivity index (χ1) is 11.9. The van der Waals surface area contributed by atoms with Gasteiger partial charge in [-0.3, -0.25) is 4.79 Å². The Balaban J connectivity index is 1.69. The predicted molar refractivity (Wildman–Crippen MR) is 96.6 cm³/mol. The summed E-state index contributed by atoms with van der Waals surface area (Å²) in [6.07, 6.45) is 0.802. The van der Waals surface area contributed by atoms with E-state index in [1.165, 1.54) is 12.6 Å². The van der Waals surface area contributed by atoms with Gasteiger partial charge in [0, 0.05) is 20.1 Å². The standard InChI is InChI=1S/C19H22N2O3S/c1-15-7-9-18(10-8-15)25(23,24)20(2)14-19(22)21-12-11-16-5-3-4-6-17(16)13-21/h3-10H,11-14H2,1-2H3. The summed E-state index contributed by atoms with van der Waals surface area (Å²) < 4.78 is 26.4. The van der Waals surface area contributed by atoms with Crippen molar-refractivity contribution < 1.29 is 13.2 Å². The van der Waals surface area contributed by atoms with Gasteiger partial charge >= 0.3 is 0 Å². The molecule has 0 saturated heterocycles.